The number of halogens is 2. The molecule has 0 bridgehead atoms. The quantitative estimate of drug-likeness (QED) is 0.602. The van der Waals surface area contributed by atoms with E-state index in [2.05, 4.69) is 10.6 Å². The van der Waals surface area contributed by atoms with Gasteiger partial charge in [0.05, 0.1) is 17.0 Å². The highest BCUT2D eigenvalue weighted by Crippen LogP contribution is 2.31. The molecular weight excluding hydrogens is 349 g/mol. The normalized spacial score (nSPS) is 26.7. The summed E-state index contributed by atoms with van der Waals surface area (Å²) in [5.74, 6) is -1.16. The van der Waals surface area contributed by atoms with Crippen molar-refractivity contribution in [3.05, 3.63) is 65.2 Å². The lowest BCUT2D eigenvalue weighted by Crippen LogP contribution is -2.48. The summed E-state index contributed by atoms with van der Waals surface area (Å²) in [6.45, 7) is 0.917. The fourth-order valence-electron chi connectivity index (χ4n) is 3.42. The van der Waals surface area contributed by atoms with E-state index < -0.39 is 23.2 Å². The first-order valence-electron chi connectivity index (χ1n) is 8.69. The Labute approximate surface area is 157 Å². The van der Waals surface area contributed by atoms with Gasteiger partial charge in [-0.05, 0) is 42.1 Å². The van der Waals surface area contributed by atoms with E-state index in [0.717, 1.165) is 5.56 Å². The summed E-state index contributed by atoms with van der Waals surface area (Å²) in [6.07, 6.45) is 5.55. The van der Waals surface area contributed by atoms with E-state index in [4.69, 9.17) is 11.1 Å². The molecule has 1 heterocycles. The standard InChI is InChI=1S/C19H21BF2N4O/c20-19(7-13(21)9-25-10-19)12-4-5-16(15(22)6-12)26-8-11-2-1-3-14(17(11)23)18(24)27/h1-6,8,13,23,25-26H,7,9-10,20H2,(H2,24,27)/b11-8-,23-17?. The number of nitrogens with two attached hydrogens (primary N) is 1. The Morgan fingerprint density at radius 3 is 2.93 bits per heavy atom. The van der Waals surface area contributed by atoms with Gasteiger partial charge in [-0.1, -0.05) is 18.2 Å². The molecule has 1 aromatic carbocycles. The van der Waals surface area contributed by atoms with Crippen LogP contribution in [0.25, 0.3) is 0 Å². The van der Waals surface area contributed by atoms with Gasteiger partial charge in [0.25, 0.3) is 5.91 Å². The Kier molecular flexibility index (Phi) is 5.27. The lowest BCUT2D eigenvalue weighted by Gasteiger charge is -2.36. The number of allylic oxidation sites excluding steroid dienone is 4. The third kappa shape index (κ3) is 4.00. The first-order chi connectivity index (χ1) is 12.8. The van der Waals surface area contributed by atoms with Crippen LogP contribution in [0.2, 0.25) is 0 Å². The van der Waals surface area contributed by atoms with Gasteiger partial charge in [0.1, 0.15) is 19.8 Å². The predicted octanol–water partition coefficient (Wildman–Crippen LogP) is 1.28. The van der Waals surface area contributed by atoms with Crippen LogP contribution >= 0.6 is 0 Å². The van der Waals surface area contributed by atoms with Crippen molar-refractivity contribution in [2.45, 2.75) is 17.9 Å². The van der Waals surface area contributed by atoms with E-state index in [1.807, 2.05) is 7.85 Å². The summed E-state index contributed by atoms with van der Waals surface area (Å²) in [7, 11) is 1.92. The number of alkyl halides is 1. The number of rotatable bonds is 4. The van der Waals surface area contributed by atoms with Crippen molar-refractivity contribution in [3.63, 3.8) is 0 Å². The smallest absolute Gasteiger partial charge is 0.250 e. The molecule has 2 unspecified atom stereocenters. The Morgan fingerprint density at radius 2 is 2.26 bits per heavy atom. The minimum Gasteiger partial charge on any atom is -0.366 e. The molecule has 1 saturated heterocycles. The Balaban J connectivity index is 1.77. The number of carbonyl (C=O) groups is 1. The SMILES string of the molecule is BC1(c2ccc(N/C=C3/C=CC=C(C(N)=O)C3=N)c(F)c2)CNCC(F)C1. The first kappa shape index (κ1) is 19.0. The summed E-state index contributed by atoms with van der Waals surface area (Å²) in [6, 6.07) is 4.79. The zero-order valence-corrected chi connectivity index (χ0v) is 15.0. The number of carbonyl (C=O) groups excluding carboxylic acids is 1. The molecule has 2 atom stereocenters. The molecular formula is C19H21BF2N4O. The van der Waals surface area contributed by atoms with Gasteiger partial charge < -0.3 is 16.4 Å². The largest absolute Gasteiger partial charge is 0.366 e. The fraction of sp³-hybridized carbons (Fsp3) is 0.263. The molecule has 2 aliphatic rings. The van der Waals surface area contributed by atoms with Gasteiger partial charge >= 0.3 is 0 Å². The zero-order valence-electron chi connectivity index (χ0n) is 15.0. The molecule has 5 nitrogen and oxygen atoms in total. The maximum Gasteiger partial charge on any atom is 0.250 e. The predicted molar refractivity (Wildman–Crippen MR) is 105 cm³/mol. The Bertz CT molecular complexity index is 880. The Hall–Kier alpha value is -2.74. The fourth-order valence-corrected chi connectivity index (χ4v) is 3.42. The van der Waals surface area contributed by atoms with Crippen molar-refractivity contribution < 1.29 is 13.6 Å². The van der Waals surface area contributed by atoms with Crippen LogP contribution < -0.4 is 16.4 Å². The van der Waals surface area contributed by atoms with E-state index in [1.54, 1.807) is 24.3 Å². The highest BCUT2D eigenvalue weighted by Gasteiger charge is 2.34. The van der Waals surface area contributed by atoms with Crippen LogP contribution in [-0.2, 0) is 10.1 Å². The average Bonchev–Trinajstić information content (AvgIpc) is 2.61. The van der Waals surface area contributed by atoms with Crippen molar-refractivity contribution in [1.29, 1.82) is 5.41 Å². The van der Waals surface area contributed by atoms with E-state index in [-0.39, 0.29) is 17.0 Å². The van der Waals surface area contributed by atoms with Crippen LogP contribution in [0.4, 0.5) is 14.5 Å². The van der Waals surface area contributed by atoms with E-state index >= 15 is 0 Å². The summed E-state index contributed by atoms with van der Waals surface area (Å²) in [4.78, 5) is 11.3. The first-order valence-corrected chi connectivity index (χ1v) is 8.69. The molecule has 5 N–H and O–H groups in total. The second-order valence-electron chi connectivity index (χ2n) is 7.11. The molecule has 1 fully saturated rings. The molecule has 140 valence electrons. The third-order valence-corrected chi connectivity index (χ3v) is 4.96. The van der Waals surface area contributed by atoms with Gasteiger partial charge in [-0.25, -0.2) is 8.78 Å². The van der Waals surface area contributed by atoms with Gasteiger partial charge in [-0.3, -0.25) is 10.2 Å². The number of anilines is 1. The zero-order chi connectivity index (χ0) is 19.6. The Morgan fingerprint density at radius 1 is 1.48 bits per heavy atom. The summed E-state index contributed by atoms with van der Waals surface area (Å²) in [5.41, 5.74) is 6.69. The minimum atomic E-state index is -0.953. The lowest BCUT2D eigenvalue weighted by molar-refractivity contribution is -0.114. The van der Waals surface area contributed by atoms with E-state index in [0.29, 0.717) is 25.1 Å². The van der Waals surface area contributed by atoms with Crippen molar-refractivity contribution in [3.8, 4) is 0 Å². The van der Waals surface area contributed by atoms with Crippen LogP contribution in [0.1, 0.15) is 12.0 Å². The molecule has 0 radical (unpaired) electrons. The van der Waals surface area contributed by atoms with Gasteiger partial charge in [0.15, 0.2) is 0 Å². The lowest BCUT2D eigenvalue weighted by atomic mass is 9.60. The highest BCUT2D eigenvalue weighted by atomic mass is 19.1. The number of primary amides is 1. The minimum absolute atomic E-state index is 0.0238. The number of amides is 1. The summed E-state index contributed by atoms with van der Waals surface area (Å²) >= 11 is 0. The van der Waals surface area contributed by atoms with Crippen molar-refractivity contribution in [2.75, 3.05) is 18.4 Å². The highest BCUT2D eigenvalue weighted by molar-refractivity contribution is 6.28. The topological polar surface area (TPSA) is 91.0 Å². The van der Waals surface area contributed by atoms with Gasteiger partial charge in [0.2, 0.25) is 0 Å². The third-order valence-electron chi connectivity index (χ3n) is 4.96. The van der Waals surface area contributed by atoms with Crippen molar-refractivity contribution in [2.24, 2.45) is 5.73 Å². The second-order valence-corrected chi connectivity index (χ2v) is 7.11. The molecule has 0 saturated carbocycles. The second kappa shape index (κ2) is 7.48. The molecule has 1 amide bonds. The van der Waals surface area contributed by atoms with Crippen LogP contribution in [0.15, 0.2) is 53.8 Å². The van der Waals surface area contributed by atoms with Crippen LogP contribution in [0.3, 0.4) is 0 Å². The van der Waals surface area contributed by atoms with Gasteiger partial charge in [-0.15, -0.1) is 0 Å². The molecule has 0 spiro atoms. The molecule has 1 aliphatic heterocycles. The molecule has 1 aromatic rings. The molecule has 0 aromatic heterocycles. The van der Waals surface area contributed by atoms with Gasteiger partial charge in [0, 0.05) is 18.3 Å². The van der Waals surface area contributed by atoms with Crippen LogP contribution in [0, 0.1) is 11.2 Å². The maximum atomic E-state index is 14.6. The van der Waals surface area contributed by atoms with Gasteiger partial charge in [-0.2, -0.15) is 0 Å². The average molecular weight is 370 g/mol. The molecule has 27 heavy (non-hydrogen) atoms. The van der Waals surface area contributed by atoms with E-state index in [1.165, 1.54) is 18.3 Å². The van der Waals surface area contributed by atoms with Crippen molar-refractivity contribution in [1.82, 2.24) is 5.32 Å². The molecule has 1 aliphatic carbocycles. The number of nitrogens with one attached hydrogen (secondary N) is 3. The molecule has 8 heteroatoms. The number of benzene rings is 1. The monoisotopic (exact) mass is 370 g/mol. The number of hydrogen-bond acceptors (Lipinski definition) is 4. The maximum absolute atomic E-state index is 14.6. The number of hydrogen-bond donors (Lipinski definition) is 4. The number of piperidine rings is 1. The summed E-state index contributed by atoms with van der Waals surface area (Å²) in [5, 5.41) is 13.4. The van der Waals surface area contributed by atoms with Crippen molar-refractivity contribution >= 4 is 25.2 Å². The van der Waals surface area contributed by atoms with E-state index in [9.17, 15) is 13.6 Å². The summed E-state index contributed by atoms with van der Waals surface area (Å²) < 4.78 is 28.3. The van der Waals surface area contributed by atoms with Crippen LogP contribution in [0.5, 0.6) is 0 Å². The van der Waals surface area contributed by atoms with Crippen LogP contribution in [-0.4, -0.2) is 38.7 Å². The molecule has 3 rings (SSSR count).